The number of Topliss-reactive ketones (excluding diaryl/α,β-unsaturated/α-hetero) is 1. The van der Waals surface area contributed by atoms with Gasteiger partial charge in [-0.1, -0.05) is 28.1 Å². The van der Waals surface area contributed by atoms with E-state index in [0.717, 1.165) is 16.1 Å². The quantitative estimate of drug-likeness (QED) is 0.367. The van der Waals surface area contributed by atoms with E-state index in [9.17, 15) is 20.1 Å². The summed E-state index contributed by atoms with van der Waals surface area (Å²) < 4.78 is 0.785. The first-order valence-corrected chi connectivity index (χ1v) is 6.93. The molecule has 0 saturated carbocycles. The normalized spacial score (nSPS) is 16.4. The third-order valence-corrected chi connectivity index (χ3v) is 3.78. The number of hydrogen-bond acceptors (Lipinski definition) is 6. The molecule has 0 unspecified atom stereocenters. The maximum atomic E-state index is 11.7. The van der Waals surface area contributed by atoms with Crippen LogP contribution in [0.5, 0.6) is 0 Å². The second-order valence-corrected chi connectivity index (χ2v) is 5.44. The Morgan fingerprint density at radius 1 is 1.33 bits per heavy atom. The summed E-state index contributed by atoms with van der Waals surface area (Å²) in [4.78, 5) is 11.7. The number of carbonyl (C=O) groups is 1. The van der Waals surface area contributed by atoms with E-state index in [2.05, 4.69) is 15.9 Å². The van der Waals surface area contributed by atoms with E-state index in [1.807, 2.05) is 6.92 Å². The molecule has 6 nitrogen and oxygen atoms in total. The van der Waals surface area contributed by atoms with E-state index in [4.69, 9.17) is 10.2 Å². The predicted molar refractivity (Wildman–Crippen MR) is 79.6 cm³/mol. The molecule has 5 N–H and O–H groups in total. The lowest BCUT2D eigenvalue weighted by molar-refractivity contribution is -0.138. The lowest BCUT2D eigenvalue weighted by Gasteiger charge is -2.20. The van der Waals surface area contributed by atoms with Crippen LogP contribution >= 0.6 is 15.9 Å². The Labute approximate surface area is 130 Å². The zero-order chi connectivity index (χ0) is 16.2. The van der Waals surface area contributed by atoms with Gasteiger partial charge >= 0.3 is 0 Å². The van der Waals surface area contributed by atoms with Crippen LogP contribution in [0.1, 0.15) is 11.1 Å². The largest absolute Gasteiger partial charge is 0.504 e. The number of carbonyl (C=O) groups excluding carboxylic acids is 1. The van der Waals surface area contributed by atoms with Crippen LogP contribution in [0, 0.1) is 6.92 Å². The van der Waals surface area contributed by atoms with E-state index < -0.39 is 36.5 Å². The highest BCUT2D eigenvalue weighted by Crippen LogP contribution is 2.19. The number of benzene rings is 1. The van der Waals surface area contributed by atoms with Crippen molar-refractivity contribution in [1.29, 1.82) is 0 Å². The van der Waals surface area contributed by atoms with Crippen molar-refractivity contribution >= 4 is 27.8 Å². The highest BCUT2D eigenvalue weighted by atomic mass is 79.9. The van der Waals surface area contributed by atoms with Gasteiger partial charge in [-0.2, -0.15) is 0 Å². The molecule has 0 aliphatic heterocycles. The van der Waals surface area contributed by atoms with Crippen molar-refractivity contribution < 1.29 is 30.3 Å². The van der Waals surface area contributed by atoms with Crippen LogP contribution in [-0.4, -0.2) is 56.2 Å². The Morgan fingerprint density at radius 2 is 1.95 bits per heavy atom. The van der Waals surface area contributed by atoms with Crippen molar-refractivity contribution in [1.82, 2.24) is 0 Å². The maximum Gasteiger partial charge on any atom is 0.228 e. The third kappa shape index (κ3) is 4.62. The number of hydrogen-bond donors (Lipinski definition) is 5. The Kier molecular flexibility index (Phi) is 6.50. The van der Waals surface area contributed by atoms with Crippen molar-refractivity contribution in [2.24, 2.45) is 0 Å². The molecule has 21 heavy (non-hydrogen) atoms. The van der Waals surface area contributed by atoms with Gasteiger partial charge in [-0.05, 0) is 30.2 Å². The van der Waals surface area contributed by atoms with Crippen molar-refractivity contribution in [3.8, 4) is 0 Å². The summed E-state index contributed by atoms with van der Waals surface area (Å²) in [6.07, 6.45) is -4.46. The van der Waals surface area contributed by atoms with Crippen LogP contribution in [0.4, 0.5) is 0 Å². The van der Waals surface area contributed by atoms with Crippen molar-refractivity contribution in [2.75, 3.05) is 6.61 Å². The molecule has 1 rings (SSSR count). The zero-order valence-corrected chi connectivity index (χ0v) is 12.9. The number of rotatable bonds is 6. The van der Waals surface area contributed by atoms with Crippen molar-refractivity contribution in [3.05, 3.63) is 39.6 Å². The molecule has 0 aliphatic rings. The minimum Gasteiger partial charge on any atom is -0.504 e. The summed E-state index contributed by atoms with van der Waals surface area (Å²) in [5.41, 5.74) is 1.49. The lowest BCUT2D eigenvalue weighted by Crippen LogP contribution is -2.44. The average Bonchev–Trinajstić information content (AvgIpc) is 2.47. The van der Waals surface area contributed by atoms with Crippen LogP contribution in [0.3, 0.4) is 0 Å². The first kappa shape index (κ1) is 17.8. The molecule has 116 valence electrons. The molecular formula is C14H17BrO6. The molecule has 7 heteroatoms. The van der Waals surface area contributed by atoms with Gasteiger partial charge in [0.1, 0.15) is 18.3 Å². The standard InChI is InChI=1S/C14H17BrO6/c1-7-2-3-8(4-9(7)15)5-10(17)12(19)14(21)13(20)11(18)6-16/h2-5,11,13-14,16-18,20-21H,6H2,1H3/t11-,13+,14+/m1/s1. The molecule has 0 radical (unpaired) electrons. The van der Waals surface area contributed by atoms with Gasteiger partial charge in [-0.25, -0.2) is 0 Å². The first-order valence-electron chi connectivity index (χ1n) is 6.14. The fourth-order valence-corrected chi connectivity index (χ4v) is 1.95. The van der Waals surface area contributed by atoms with Crippen LogP contribution in [0.2, 0.25) is 0 Å². The summed E-state index contributed by atoms with van der Waals surface area (Å²) in [5, 5.41) is 46.5. The average molecular weight is 361 g/mol. The van der Waals surface area contributed by atoms with E-state index in [-0.39, 0.29) is 0 Å². The monoisotopic (exact) mass is 360 g/mol. The Bertz CT molecular complexity index is 542. The predicted octanol–water partition coefficient (Wildman–Crippen LogP) is 0.301. The Morgan fingerprint density at radius 3 is 2.48 bits per heavy atom. The Balaban J connectivity index is 2.90. The van der Waals surface area contributed by atoms with Gasteiger partial charge in [0.05, 0.1) is 6.61 Å². The molecule has 0 bridgehead atoms. The molecule has 0 spiro atoms. The minimum absolute atomic E-state index is 0.516. The molecule has 0 amide bonds. The van der Waals surface area contributed by atoms with Crippen LogP contribution in [0.15, 0.2) is 28.4 Å². The molecule has 0 aliphatic carbocycles. The molecule has 0 fully saturated rings. The van der Waals surface area contributed by atoms with Gasteiger partial charge in [-0.15, -0.1) is 0 Å². The van der Waals surface area contributed by atoms with Crippen molar-refractivity contribution in [3.63, 3.8) is 0 Å². The van der Waals surface area contributed by atoms with Gasteiger partial charge in [-0.3, -0.25) is 4.79 Å². The zero-order valence-electron chi connectivity index (χ0n) is 11.3. The third-order valence-electron chi connectivity index (χ3n) is 2.93. The molecule has 1 aromatic carbocycles. The fraction of sp³-hybridized carbons (Fsp3) is 0.357. The highest BCUT2D eigenvalue weighted by Gasteiger charge is 2.31. The van der Waals surface area contributed by atoms with Gasteiger partial charge < -0.3 is 25.5 Å². The van der Waals surface area contributed by atoms with E-state index in [1.165, 1.54) is 0 Å². The number of aliphatic hydroxyl groups is 5. The Hall–Kier alpha value is -1.25. The number of ketones is 1. The second kappa shape index (κ2) is 7.67. The summed E-state index contributed by atoms with van der Waals surface area (Å²) in [5.74, 6) is -1.91. The van der Waals surface area contributed by atoms with E-state index >= 15 is 0 Å². The SMILES string of the molecule is Cc1ccc(C=C(O)C(=O)[C@H](O)[C@@H](O)[C@H](O)CO)cc1Br. The van der Waals surface area contributed by atoms with Crippen molar-refractivity contribution in [2.45, 2.75) is 25.2 Å². The summed E-state index contributed by atoms with van der Waals surface area (Å²) >= 11 is 3.31. The molecule has 3 atom stereocenters. The first-order chi connectivity index (χ1) is 9.77. The van der Waals surface area contributed by atoms with Gasteiger partial charge in [0.2, 0.25) is 5.78 Å². The second-order valence-electron chi connectivity index (χ2n) is 4.59. The molecular weight excluding hydrogens is 344 g/mol. The van der Waals surface area contributed by atoms with E-state index in [1.54, 1.807) is 18.2 Å². The topological polar surface area (TPSA) is 118 Å². The maximum absolute atomic E-state index is 11.7. The van der Waals surface area contributed by atoms with Gasteiger partial charge in [0.15, 0.2) is 5.76 Å². The molecule has 0 aromatic heterocycles. The minimum atomic E-state index is -2.03. The lowest BCUT2D eigenvalue weighted by atomic mass is 10.0. The van der Waals surface area contributed by atoms with E-state index in [0.29, 0.717) is 5.56 Å². The number of aryl methyl sites for hydroxylation is 1. The molecule has 0 heterocycles. The van der Waals surface area contributed by atoms with Crippen LogP contribution < -0.4 is 0 Å². The number of aliphatic hydroxyl groups excluding tert-OH is 5. The fourth-order valence-electron chi connectivity index (χ4n) is 1.55. The van der Waals surface area contributed by atoms with Crippen LogP contribution in [0.25, 0.3) is 6.08 Å². The smallest absolute Gasteiger partial charge is 0.228 e. The van der Waals surface area contributed by atoms with Gasteiger partial charge in [0, 0.05) is 4.47 Å². The van der Waals surface area contributed by atoms with Crippen LogP contribution in [-0.2, 0) is 4.79 Å². The summed E-state index contributed by atoms with van der Waals surface area (Å²) in [6.45, 7) is 1.06. The number of halogens is 1. The molecule has 0 saturated heterocycles. The van der Waals surface area contributed by atoms with Gasteiger partial charge in [0.25, 0.3) is 0 Å². The molecule has 1 aromatic rings. The summed E-state index contributed by atoms with van der Waals surface area (Å²) in [6, 6.07) is 5.10. The highest BCUT2D eigenvalue weighted by molar-refractivity contribution is 9.10. The summed E-state index contributed by atoms with van der Waals surface area (Å²) in [7, 11) is 0.